The molecule has 1 atom stereocenters. The smallest absolute Gasteiger partial charge is 0.228 e. The average molecular weight is 415 g/mol. The lowest BCUT2D eigenvalue weighted by Gasteiger charge is -2.25. The molecule has 0 aliphatic rings. The average Bonchev–Trinajstić information content (AvgIpc) is 3.30. The van der Waals surface area contributed by atoms with Crippen LogP contribution in [0.4, 0.5) is 0 Å². The quantitative estimate of drug-likeness (QED) is 0.435. The highest BCUT2D eigenvalue weighted by molar-refractivity contribution is 5.86. The summed E-state index contributed by atoms with van der Waals surface area (Å²) in [4.78, 5) is 13.4. The summed E-state index contributed by atoms with van der Waals surface area (Å²) in [6, 6.07) is 22.7. The van der Waals surface area contributed by atoms with Gasteiger partial charge in [-0.05, 0) is 42.8 Å². The van der Waals surface area contributed by atoms with Crippen LogP contribution in [0.5, 0.6) is 11.5 Å². The second kappa shape index (κ2) is 8.96. The van der Waals surface area contributed by atoms with E-state index in [0.29, 0.717) is 11.5 Å². The van der Waals surface area contributed by atoms with Crippen LogP contribution in [-0.4, -0.2) is 20.1 Å². The van der Waals surface area contributed by atoms with Crippen molar-refractivity contribution < 1.29 is 18.7 Å². The molecule has 0 bridgehead atoms. The van der Waals surface area contributed by atoms with Crippen LogP contribution in [0, 0.1) is 0 Å². The number of amides is 1. The lowest BCUT2D eigenvalue weighted by atomic mass is 9.94. The zero-order valence-electron chi connectivity index (χ0n) is 17.8. The van der Waals surface area contributed by atoms with Crippen LogP contribution in [0.25, 0.3) is 11.0 Å². The Hall–Kier alpha value is -3.73. The molecular weight excluding hydrogens is 390 g/mol. The maximum Gasteiger partial charge on any atom is 0.228 e. The number of ether oxygens (including phenoxy) is 2. The predicted octanol–water partition coefficient (Wildman–Crippen LogP) is 5.46. The molecule has 0 aliphatic carbocycles. The summed E-state index contributed by atoms with van der Waals surface area (Å²) < 4.78 is 16.6. The van der Waals surface area contributed by atoms with Crippen molar-refractivity contribution in [1.82, 2.24) is 5.32 Å². The summed E-state index contributed by atoms with van der Waals surface area (Å²) in [6.07, 6.45) is 1.65. The number of rotatable bonds is 7. The maximum atomic E-state index is 13.4. The molecule has 1 amide bonds. The Kier molecular flexibility index (Phi) is 5.94. The number of nitrogens with one attached hydrogen (secondary N) is 1. The molecule has 3 aromatic carbocycles. The van der Waals surface area contributed by atoms with Crippen molar-refractivity contribution in [3.8, 4) is 11.5 Å². The fourth-order valence-corrected chi connectivity index (χ4v) is 3.81. The van der Waals surface area contributed by atoms with Crippen LogP contribution >= 0.6 is 0 Å². The number of benzene rings is 3. The van der Waals surface area contributed by atoms with Crippen molar-refractivity contribution in [2.24, 2.45) is 0 Å². The summed E-state index contributed by atoms with van der Waals surface area (Å²) in [5, 5.41) is 4.19. The molecule has 0 fully saturated rings. The highest BCUT2D eigenvalue weighted by Crippen LogP contribution is 2.35. The van der Waals surface area contributed by atoms with Gasteiger partial charge in [-0.1, -0.05) is 42.5 Å². The highest BCUT2D eigenvalue weighted by atomic mass is 16.5. The number of para-hydroxylation sites is 2. The van der Waals surface area contributed by atoms with Gasteiger partial charge in [0.15, 0.2) is 0 Å². The molecule has 1 N–H and O–H groups in total. The number of hydrogen-bond acceptors (Lipinski definition) is 4. The van der Waals surface area contributed by atoms with E-state index in [9.17, 15) is 4.79 Å². The Labute approximate surface area is 181 Å². The second-order valence-corrected chi connectivity index (χ2v) is 7.37. The predicted molar refractivity (Wildman–Crippen MR) is 121 cm³/mol. The fourth-order valence-electron chi connectivity index (χ4n) is 3.81. The van der Waals surface area contributed by atoms with Crippen molar-refractivity contribution >= 4 is 16.9 Å². The number of carbonyl (C=O) groups is 1. The van der Waals surface area contributed by atoms with Crippen molar-refractivity contribution in [2.45, 2.75) is 18.9 Å². The molecule has 0 spiro atoms. The monoisotopic (exact) mass is 415 g/mol. The second-order valence-electron chi connectivity index (χ2n) is 7.37. The van der Waals surface area contributed by atoms with E-state index in [1.54, 1.807) is 20.5 Å². The minimum absolute atomic E-state index is 0.0929. The molecule has 4 aromatic rings. The normalized spacial score (nSPS) is 12.0. The van der Waals surface area contributed by atoms with Gasteiger partial charge in [-0.15, -0.1) is 0 Å². The Bertz CT molecular complexity index is 1150. The number of hydrogen-bond donors (Lipinski definition) is 1. The highest BCUT2D eigenvalue weighted by Gasteiger charge is 2.26. The third-order valence-electron chi connectivity index (χ3n) is 5.56. The molecule has 5 nitrogen and oxygen atoms in total. The van der Waals surface area contributed by atoms with E-state index < -0.39 is 6.04 Å². The van der Waals surface area contributed by atoms with Gasteiger partial charge in [-0.3, -0.25) is 4.79 Å². The molecule has 0 saturated heterocycles. The first kappa shape index (κ1) is 20.5. The molecule has 1 aromatic heterocycles. The van der Waals surface area contributed by atoms with E-state index in [1.807, 2.05) is 79.7 Å². The van der Waals surface area contributed by atoms with Gasteiger partial charge < -0.3 is 19.2 Å². The van der Waals surface area contributed by atoms with Crippen LogP contribution in [0.1, 0.15) is 35.6 Å². The van der Waals surface area contributed by atoms with Crippen molar-refractivity contribution in [1.29, 1.82) is 0 Å². The largest absolute Gasteiger partial charge is 0.496 e. The van der Waals surface area contributed by atoms with Gasteiger partial charge in [0, 0.05) is 16.5 Å². The summed E-state index contributed by atoms with van der Waals surface area (Å²) in [7, 11) is 3.26. The first-order chi connectivity index (χ1) is 15.1. The molecule has 0 saturated carbocycles. The van der Waals surface area contributed by atoms with E-state index in [0.717, 1.165) is 27.7 Å². The van der Waals surface area contributed by atoms with Crippen LogP contribution in [-0.2, 0) is 4.79 Å². The van der Waals surface area contributed by atoms with Gasteiger partial charge in [-0.25, -0.2) is 0 Å². The zero-order chi connectivity index (χ0) is 21.8. The van der Waals surface area contributed by atoms with E-state index in [-0.39, 0.29) is 11.8 Å². The van der Waals surface area contributed by atoms with Crippen molar-refractivity contribution in [3.63, 3.8) is 0 Å². The maximum absolute atomic E-state index is 13.4. The van der Waals surface area contributed by atoms with Crippen LogP contribution in [0.3, 0.4) is 0 Å². The molecule has 0 unspecified atom stereocenters. The first-order valence-electron chi connectivity index (χ1n) is 10.2. The molecule has 0 radical (unpaired) electrons. The standard InChI is InChI=1S/C26H25NO4/c1-17(18-12-13-22-19(16-18)14-15-31-22)26(28)27-25(20-8-4-6-10-23(20)29-2)21-9-5-7-11-24(21)30-3/h4-17,25H,1-3H3,(H,27,28)/t17-/m0/s1. The van der Waals surface area contributed by atoms with Gasteiger partial charge in [0.2, 0.25) is 5.91 Å². The van der Waals surface area contributed by atoms with Gasteiger partial charge in [0.1, 0.15) is 17.1 Å². The lowest BCUT2D eigenvalue weighted by Crippen LogP contribution is -2.33. The molecule has 158 valence electrons. The van der Waals surface area contributed by atoms with E-state index in [2.05, 4.69) is 5.32 Å². The van der Waals surface area contributed by atoms with Crippen molar-refractivity contribution in [3.05, 3.63) is 95.7 Å². The summed E-state index contributed by atoms with van der Waals surface area (Å²) in [5.41, 5.74) is 3.45. The summed E-state index contributed by atoms with van der Waals surface area (Å²) in [5.74, 6) is 0.952. The van der Waals surface area contributed by atoms with Gasteiger partial charge in [0.05, 0.1) is 32.4 Å². The minimum Gasteiger partial charge on any atom is -0.496 e. The number of furan rings is 1. The minimum atomic E-state index is -0.431. The summed E-state index contributed by atoms with van der Waals surface area (Å²) in [6.45, 7) is 1.90. The lowest BCUT2D eigenvalue weighted by molar-refractivity contribution is -0.122. The Morgan fingerprint density at radius 3 is 2.10 bits per heavy atom. The molecule has 4 rings (SSSR count). The van der Waals surface area contributed by atoms with Crippen molar-refractivity contribution in [2.75, 3.05) is 14.2 Å². The van der Waals surface area contributed by atoms with Crippen LogP contribution in [0.15, 0.2) is 83.5 Å². The van der Waals surface area contributed by atoms with Crippen LogP contribution in [0.2, 0.25) is 0 Å². The van der Waals surface area contributed by atoms with Crippen LogP contribution < -0.4 is 14.8 Å². The molecule has 31 heavy (non-hydrogen) atoms. The third-order valence-corrected chi connectivity index (χ3v) is 5.56. The third kappa shape index (κ3) is 4.12. The number of fused-ring (bicyclic) bond motifs is 1. The Morgan fingerprint density at radius 1 is 0.871 bits per heavy atom. The first-order valence-corrected chi connectivity index (χ1v) is 10.2. The van der Waals surface area contributed by atoms with Gasteiger partial charge in [-0.2, -0.15) is 0 Å². The Morgan fingerprint density at radius 2 is 1.48 bits per heavy atom. The van der Waals surface area contributed by atoms with E-state index in [4.69, 9.17) is 13.9 Å². The Balaban J connectivity index is 1.70. The summed E-state index contributed by atoms with van der Waals surface area (Å²) >= 11 is 0. The zero-order valence-corrected chi connectivity index (χ0v) is 17.8. The SMILES string of the molecule is COc1ccccc1C(NC(=O)[C@@H](C)c1ccc2occc2c1)c1ccccc1OC. The molecule has 1 heterocycles. The van der Waals surface area contributed by atoms with E-state index >= 15 is 0 Å². The molecule has 5 heteroatoms. The number of methoxy groups -OCH3 is 2. The number of carbonyl (C=O) groups excluding carboxylic acids is 1. The fraction of sp³-hybridized carbons (Fsp3) is 0.192. The molecule has 0 aliphatic heterocycles. The molecular formula is C26H25NO4. The van der Waals surface area contributed by atoms with E-state index in [1.165, 1.54) is 0 Å². The topological polar surface area (TPSA) is 60.7 Å². The van der Waals surface area contributed by atoms with Gasteiger partial charge >= 0.3 is 0 Å². The van der Waals surface area contributed by atoms with Gasteiger partial charge in [0.25, 0.3) is 0 Å².